The molecule has 2 aromatic carbocycles. The lowest BCUT2D eigenvalue weighted by atomic mass is 9.93. The number of alkyl halides is 1. The summed E-state index contributed by atoms with van der Waals surface area (Å²) in [6.07, 6.45) is 0.607. The minimum Gasteiger partial charge on any atom is -0.494 e. The summed E-state index contributed by atoms with van der Waals surface area (Å²) in [7, 11) is 1.48. The molecular formula is C16H15BrClFO. The molecule has 0 heterocycles. The van der Waals surface area contributed by atoms with Crippen LogP contribution >= 0.6 is 27.5 Å². The summed E-state index contributed by atoms with van der Waals surface area (Å²) >= 11 is 9.40. The van der Waals surface area contributed by atoms with Gasteiger partial charge in [-0.2, -0.15) is 0 Å². The lowest BCUT2D eigenvalue weighted by Crippen LogP contribution is -2.06. The predicted octanol–water partition coefficient (Wildman–Crippen LogP) is 5.21. The molecule has 20 heavy (non-hydrogen) atoms. The highest BCUT2D eigenvalue weighted by Crippen LogP contribution is 2.28. The molecule has 0 saturated carbocycles. The van der Waals surface area contributed by atoms with Gasteiger partial charge in [-0.25, -0.2) is 4.39 Å². The van der Waals surface area contributed by atoms with Gasteiger partial charge in [0.1, 0.15) is 0 Å². The molecule has 1 nitrogen and oxygen atoms in total. The van der Waals surface area contributed by atoms with Gasteiger partial charge in [-0.3, -0.25) is 0 Å². The van der Waals surface area contributed by atoms with Crippen LogP contribution in [0, 0.1) is 5.82 Å². The predicted molar refractivity (Wildman–Crippen MR) is 84.6 cm³/mol. The zero-order valence-corrected chi connectivity index (χ0v) is 13.4. The molecule has 0 aliphatic carbocycles. The Labute approximate surface area is 131 Å². The van der Waals surface area contributed by atoms with Gasteiger partial charge in [-0.15, -0.1) is 0 Å². The molecule has 106 valence electrons. The fourth-order valence-corrected chi connectivity index (χ4v) is 2.86. The van der Waals surface area contributed by atoms with E-state index in [2.05, 4.69) is 15.9 Å². The van der Waals surface area contributed by atoms with Gasteiger partial charge in [0.15, 0.2) is 11.6 Å². The maximum Gasteiger partial charge on any atom is 0.168 e. The third-order valence-corrected chi connectivity index (χ3v) is 4.29. The third kappa shape index (κ3) is 3.53. The van der Waals surface area contributed by atoms with Crippen LogP contribution in [0.5, 0.6) is 5.75 Å². The summed E-state index contributed by atoms with van der Waals surface area (Å²) in [6, 6.07) is 12.9. The average molecular weight is 358 g/mol. The molecule has 0 N–H and O–H groups in total. The molecule has 0 bridgehead atoms. The molecule has 4 heteroatoms. The van der Waals surface area contributed by atoms with E-state index in [1.54, 1.807) is 12.1 Å². The average Bonchev–Trinajstić information content (AvgIpc) is 2.47. The smallest absolute Gasteiger partial charge is 0.168 e. The Morgan fingerprint density at radius 1 is 1.20 bits per heavy atom. The number of halogens is 3. The second kappa shape index (κ2) is 7.09. The number of rotatable bonds is 5. The molecule has 0 spiro atoms. The van der Waals surface area contributed by atoms with E-state index >= 15 is 0 Å². The summed E-state index contributed by atoms with van der Waals surface area (Å²) in [5, 5.41) is 1.46. The minimum absolute atomic E-state index is 0.189. The molecular weight excluding hydrogens is 343 g/mol. The molecule has 0 fully saturated rings. The van der Waals surface area contributed by atoms with Crippen molar-refractivity contribution in [3.8, 4) is 5.75 Å². The van der Waals surface area contributed by atoms with Crippen LogP contribution in [0.3, 0.4) is 0 Å². The Morgan fingerprint density at radius 3 is 2.50 bits per heavy atom. The molecule has 2 rings (SSSR count). The van der Waals surface area contributed by atoms with E-state index in [-0.39, 0.29) is 17.5 Å². The fourth-order valence-electron chi connectivity index (χ4n) is 2.13. The van der Waals surface area contributed by atoms with Crippen LogP contribution in [-0.2, 0) is 6.42 Å². The largest absolute Gasteiger partial charge is 0.494 e. The lowest BCUT2D eigenvalue weighted by molar-refractivity contribution is 0.383. The quantitative estimate of drug-likeness (QED) is 0.668. The van der Waals surface area contributed by atoms with E-state index in [0.29, 0.717) is 17.0 Å². The fraction of sp³-hybridized carbons (Fsp3) is 0.250. The monoisotopic (exact) mass is 356 g/mol. The number of methoxy groups -OCH3 is 1. The summed E-state index contributed by atoms with van der Waals surface area (Å²) in [5.74, 6) is 0.190. The molecule has 0 amide bonds. The number of ether oxygens (including phenoxy) is 1. The van der Waals surface area contributed by atoms with E-state index in [1.165, 1.54) is 7.11 Å². The van der Waals surface area contributed by atoms with Crippen molar-refractivity contribution in [2.24, 2.45) is 0 Å². The molecule has 0 saturated heterocycles. The van der Waals surface area contributed by atoms with E-state index in [9.17, 15) is 4.39 Å². The van der Waals surface area contributed by atoms with Gasteiger partial charge in [0.2, 0.25) is 0 Å². The summed E-state index contributed by atoms with van der Waals surface area (Å²) in [4.78, 5) is 0. The van der Waals surface area contributed by atoms with Crippen LogP contribution in [0.4, 0.5) is 4.39 Å². The maximum absolute atomic E-state index is 14.2. The zero-order valence-electron chi connectivity index (χ0n) is 11.1. The van der Waals surface area contributed by atoms with Gasteiger partial charge in [0.25, 0.3) is 0 Å². The molecule has 0 aliphatic heterocycles. The SMILES string of the molecule is COc1cccc(CC(CBr)c2ccc(Cl)cc2)c1F. The highest BCUT2D eigenvalue weighted by atomic mass is 79.9. The molecule has 2 aromatic rings. The number of benzene rings is 2. The first kappa shape index (κ1) is 15.3. The Balaban J connectivity index is 2.24. The van der Waals surface area contributed by atoms with Crippen LogP contribution in [0.2, 0.25) is 5.02 Å². The molecule has 1 unspecified atom stereocenters. The first-order valence-corrected chi connectivity index (χ1v) is 7.78. The van der Waals surface area contributed by atoms with Crippen molar-refractivity contribution in [3.05, 3.63) is 64.4 Å². The van der Waals surface area contributed by atoms with Gasteiger partial charge >= 0.3 is 0 Å². The van der Waals surface area contributed by atoms with Crippen molar-refractivity contribution in [2.75, 3.05) is 12.4 Å². The van der Waals surface area contributed by atoms with Gasteiger partial charge in [0.05, 0.1) is 7.11 Å². The van der Waals surface area contributed by atoms with Crippen LogP contribution < -0.4 is 4.74 Å². The third-order valence-electron chi connectivity index (χ3n) is 3.26. The summed E-state index contributed by atoms with van der Waals surface area (Å²) in [5.41, 5.74) is 1.79. The molecule has 0 aliphatic rings. The van der Waals surface area contributed by atoms with Crippen LogP contribution in [0.1, 0.15) is 17.0 Å². The molecule has 0 aromatic heterocycles. The Morgan fingerprint density at radius 2 is 1.90 bits per heavy atom. The second-order valence-corrected chi connectivity index (χ2v) is 5.62. The van der Waals surface area contributed by atoms with Gasteiger partial charge in [0, 0.05) is 10.4 Å². The normalized spacial score (nSPS) is 12.2. The topological polar surface area (TPSA) is 9.23 Å². The second-order valence-electron chi connectivity index (χ2n) is 4.54. The first-order chi connectivity index (χ1) is 9.65. The molecule has 0 radical (unpaired) electrons. The molecule has 1 atom stereocenters. The summed E-state index contributed by atoms with van der Waals surface area (Å²) < 4.78 is 19.2. The zero-order chi connectivity index (χ0) is 14.5. The highest BCUT2D eigenvalue weighted by Gasteiger charge is 2.15. The Bertz CT molecular complexity index is 571. The van der Waals surface area contributed by atoms with Crippen LogP contribution in [0.15, 0.2) is 42.5 Å². The maximum atomic E-state index is 14.2. The lowest BCUT2D eigenvalue weighted by Gasteiger charge is -2.16. The van der Waals surface area contributed by atoms with E-state index < -0.39 is 0 Å². The minimum atomic E-state index is -0.282. The van der Waals surface area contributed by atoms with Crippen molar-refractivity contribution in [2.45, 2.75) is 12.3 Å². The first-order valence-electron chi connectivity index (χ1n) is 6.28. The van der Waals surface area contributed by atoms with Gasteiger partial charge < -0.3 is 4.74 Å². The highest BCUT2D eigenvalue weighted by molar-refractivity contribution is 9.09. The summed E-state index contributed by atoms with van der Waals surface area (Å²) in [6.45, 7) is 0. The van der Waals surface area contributed by atoms with Crippen LogP contribution in [-0.4, -0.2) is 12.4 Å². The van der Waals surface area contributed by atoms with Crippen molar-refractivity contribution in [1.82, 2.24) is 0 Å². The van der Waals surface area contributed by atoms with Crippen LogP contribution in [0.25, 0.3) is 0 Å². The van der Waals surface area contributed by atoms with E-state index in [1.807, 2.05) is 30.3 Å². The van der Waals surface area contributed by atoms with Gasteiger partial charge in [-0.05, 0) is 41.7 Å². The van der Waals surface area contributed by atoms with E-state index in [0.717, 1.165) is 10.9 Å². The Hall–Kier alpha value is -1.06. The van der Waals surface area contributed by atoms with Crippen molar-refractivity contribution < 1.29 is 9.13 Å². The van der Waals surface area contributed by atoms with Crippen molar-refractivity contribution >= 4 is 27.5 Å². The van der Waals surface area contributed by atoms with Gasteiger partial charge in [-0.1, -0.05) is 51.8 Å². The van der Waals surface area contributed by atoms with E-state index in [4.69, 9.17) is 16.3 Å². The number of hydrogen-bond acceptors (Lipinski definition) is 1. The van der Waals surface area contributed by atoms with Crippen molar-refractivity contribution in [3.63, 3.8) is 0 Å². The number of hydrogen-bond donors (Lipinski definition) is 0. The Kier molecular flexibility index (Phi) is 5.44. The van der Waals surface area contributed by atoms with Crippen molar-refractivity contribution in [1.29, 1.82) is 0 Å². The standard InChI is InChI=1S/C16H15BrClFO/c1-20-15-4-2-3-12(16(15)19)9-13(10-17)11-5-7-14(18)8-6-11/h2-8,13H,9-10H2,1H3.